The quantitative estimate of drug-likeness (QED) is 0.362. The van der Waals surface area contributed by atoms with Gasteiger partial charge in [0.1, 0.15) is 17.9 Å². The molecule has 120 valence electrons. The second kappa shape index (κ2) is 8.78. The lowest BCUT2D eigenvalue weighted by atomic mass is 10.3. The van der Waals surface area contributed by atoms with E-state index in [1.54, 1.807) is 14.1 Å². The maximum atomic E-state index is 5.17. The molecule has 0 amide bonds. The lowest BCUT2D eigenvalue weighted by Crippen LogP contribution is -2.21. The Kier molecular flexibility index (Phi) is 7.04. The molecule has 0 aliphatic rings. The fourth-order valence-electron chi connectivity index (χ4n) is 1.57. The van der Waals surface area contributed by atoms with Crippen molar-refractivity contribution in [1.82, 2.24) is 20.8 Å². The minimum absolute atomic E-state index is 0.721. The van der Waals surface area contributed by atoms with Gasteiger partial charge < -0.3 is 15.1 Å². The zero-order valence-electron chi connectivity index (χ0n) is 14.0. The molecule has 0 saturated carbocycles. The molecule has 2 N–H and O–H groups in total. The predicted molar refractivity (Wildman–Crippen MR) is 90.2 cm³/mol. The number of hydroxylamine groups is 1. The van der Waals surface area contributed by atoms with E-state index in [0.29, 0.717) is 0 Å². The predicted octanol–water partition coefficient (Wildman–Crippen LogP) is 1.92. The largest absolute Gasteiger partial charge is 0.414 e. The Labute approximate surface area is 131 Å². The van der Waals surface area contributed by atoms with Gasteiger partial charge in [0.15, 0.2) is 0 Å². The Morgan fingerprint density at radius 1 is 1.32 bits per heavy atom. The molecule has 1 aromatic rings. The molecule has 1 aromatic heterocycles. The highest BCUT2D eigenvalue weighted by molar-refractivity contribution is 5.80. The van der Waals surface area contributed by atoms with Gasteiger partial charge in [0, 0.05) is 45.2 Å². The summed E-state index contributed by atoms with van der Waals surface area (Å²) in [6.45, 7) is 5.74. The molecule has 0 atom stereocenters. The summed E-state index contributed by atoms with van der Waals surface area (Å²) in [6.07, 6.45) is 5.25. The lowest BCUT2D eigenvalue weighted by Gasteiger charge is -2.19. The summed E-state index contributed by atoms with van der Waals surface area (Å²) < 4.78 is 0. The Hall–Kier alpha value is -2.41. The highest BCUT2D eigenvalue weighted by Crippen LogP contribution is 2.15. The van der Waals surface area contributed by atoms with Crippen LogP contribution in [0.1, 0.15) is 26.5 Å². The topological polar surface area (TPSA) is 74.7 Å². The van der Waals surface area contributed by atoms with E-state index in [1.807, 2.05) is 51.1 Å². The van der Waals surface area contributed by atoms with Crippen LogP contribution in [0.4, 0.5) is 5.82 Å². The first-order chi connectivity index (χ1) is 10.5. The highest BCUT2D eigenvalue weighted by Gasteiger charge is 2.06. The summed E-state index contributed by atoms with van der Waals surface area (Å²) in [7, 11) is 5.39. The van der Waals surface area contributed by atoms with Gasteiger partial charge in [-0.3, -0.25) is 4.99 Å². The van der Waals surface area contributed by atoms with E-state index in [4.69, 9.17) is 4.84 Å². The van der Waals surface area contributed by atoms with Gasteiger partial charge in [-0.25, -0.2) is 9.97 Å². The molecule has 0 bridgehead atoms. The van der Waals surface area contributed by atoms with Crippen LogP contribution in [0.15, 0.2) is 35.0 Å². The average Bonchev–Trinajstić information content (AvgIpc) is 2.51. The van der Waals surface area contributed by atoms with Crippen LogP contribution in [0.3, 0.4) is 0 Å². The molecule has 0 aliphatic heterocycles. The van der Waals surface area contributed by atoms with E-state index < -0.39 is 0 Å². The second-order valence-electron chi connectivity index (χ2n) is 4.66. The SMILES string of the molecule is CN=C(C)N/C=C(\C)N(C)c1cc(/C=C(\C)ONC)ncn1. The summed E-state index contributed by atoms with van der Waals surface area (Å²) in [5, 5.41) is 3.11. The first-order valence-electron chi connectivity index (χ1n) is 6.92. The van der Waals surface area contributed by atoms with Crippen LogP contribution in [0, 0.1) is 0 Å². The van der Waals surface area contributed by atoms with Crippen molar-refractivity contribution in [2.75, 3.05) is 26.0 Å². The first kappa shape index (κ1) is 17.6. The molecule has 0 spiro atoms. The molecule has 0 radical (unpaired) electrons. The maximum Gasteiger partial charge on any atom is 0.136 e. The van der Waals surface area contributed by atoms with Crippen LogP contribution in [-0.4, -0.2) is 36.9 Å². The van der Waals surface area contributed by atoms with Gasteiger partial charge in [-0.05, 0) is 20.8 Å². The summed E-state index contributed by atoms with van der Waals surface area (Å²) in [5.41, 5.74) is 4.40. The molecule has 0 saturated heterocycles. The molecule has 0 aromatic carbocycles. The zero-order valence-corrected chi connectivity index (χ0v) is 14.0. The molecule has 7 nitrogen and oxygen atoms in total. The van der Waals surface area contributed by atoms with Crippen molar-refractivity contribution in [3.8, 4) is 0 Å². The number of aliphatic imine (C=N–C) groups is 1. The first-order valence-corrected chi connectivity index (χ1v) is 6.92. The molecular weight excluding hydrogens is 280 g/mol. The highest BCUT2D eigenvalue weighted by atomic mass is 16.6. The summed E-state index contributed by atoms with van der Waals surface area (Å²) >= 11 is 0. The number of allylic oxidation sites excluding steroid dienone is 2. The molecule has 0 aliphatic carbocycles. The van der Waals surface area contributed by atoms with E-state index in [9.17, 15) is 0 Å². The van der Waals surface area contributed by atoms with Gasteiger partial charge in [0.2, 0.25) is 0 Å². The maximum absolute atomic E-state index is 5.17. The van der Waals surface area contributed by atoms with Crippen LogP contribution in [0.5, 0.6) is 0 Å². The third-order valence-corrected chi connectivity index (χ3v) is 2.99. The van der Waals surface area contributed by atoms with E-state index in [2.05, 4.69) is 25.8 Å². The third-order valence-electron chi connectivity index (χ3n) is 2.99. The average molecular weight is 304 g/mol. The molecule has 1 rings (SSSR count). The molecule has 7 heteroatoms. The van der Waals surface area contributed by atoms with E-state index in [0.717, 1.165) is 28.8 Å². The van der Waals surface area contributed by atoms with E-state index >= 15 is 0 Å². The van der Waals surface area contributed by atoms with Gasteiger partial charge in [-0.1, -0.05) is 0 Å². The number of hydrogen-bond acceptors (Lipinski definition) is 6. The molecule has 0 unspecified atom stereocenters. The van der Waals surface area contributed by atoms with Gasteiger partial charge in [-0.15, -0.1) is 0 Å². The van der Waals surface area contributed by atoms with Crippen LogP contribution in [-0.2, 0) is 4.84 Å². The van der Waals surface area contributed by atoms with Crippen molar-refractivity contribution in [3.63, 3.8) is 0 Å². The Morgan fingerprint density at radius 3 is 2.68 bits per heavy atom. The lowest BCUT2D eigenvalue weighted by molar-refractivity contribution is 0.131. The van der Waals surface area contributed by atoms with Crippen molar-refractivity contribution >= 4 is 17.7 Å². The van der Waals surface area contributed by atoms with Crippen LogP contribution in [0.25, 0.3) is 6.08 Å². The minimum atomic E-state index is 0.721. The number of anilines is 1. The molecule has 0 fully saturated rings. The number of aromatic nitrogens is 2. The number of nitrogens with zero attached hydrogens (tertiary/aromatic N) is 4. The van der Waals surface area contributed by atoms with Crippen LogP contribution < -0.4 is 15.7 Å². The van der Waals surface area contributed by atoms with Gasteiger partial charge in [0.25, 0.3) is 0 Å². The third kappa shape index (κ3) is 5.53. The van der Waals surface area contributed by atoms with Crippen molar-refractivity contribution in [2.24, 2.45) is 4.99 Å². The Balaban J connectivity index is 2.90. The number of hydrogen-bond donors (Lipinski definition) is 2. The van der Waals surface area contributed by atoms with Crippen LogP contribution >= 0.6 is 0 Å². The molecular formula is C15H24N6O. The monoisotopic (exact) mass is 304 g/mol. The minimum Gasteiger partial charge on any atom is -0.414 e. The van der Waals surface area contributed by atoms with Crippen molar-refractivity contribution in [3.05, 3.63) is 35.7 Å². The van der Waals surface area contributed by atoms with Crippen molar-refractivity contribution in [1.29, 1.82) is 0 Å². The normalized spacial score (nSPS) is 13.1. The summed E-state index contributed by atoms with van der Waals surface area (Å²) in [5.74, 6) is 2.36. The van der Waals surface area contributed by atoms with Gasteiger partial charge >= 0.3 is 0 Å². The number of amidine groups is 1. The molecule has 1 heterocycles. The van der Waals surface area contributed by atoms with E-state index in [1.165, 1.54) is 6.33 Å². The Bertz CT molecular complexity index is 579. The van der Waals surface area contributed by atoms with Gasteiger partial charge in [0.05, 0.1) is 11.5 Å². The fourth-order valence-corrected chi connectivity index (χ4v) is 1.57. The second-order valence-corrected chi connectivity index (χ2v) is 4.66. The van der Waals surface area contributed by atoms with Crippen molar-refractivity contribution in [2.45, 2.75) is 20.8 Å². The smallest absolute Gasteiger partial charge is 0.136 e. The fraction of sp³-hybridized carbons (Fsp3) is 0.400. The van der Waals surface area contributed by atoms with E-state index in [-0.39, 0.29) is 0 Å². The number of rotatable bonds is 6. The Morgan fingerprint density at radius 2 is 2.05 bits per heavy atom. The summed E-state index contributed by atoms with van der Waals surface area (Å²) in [6, 6.07) is 1.89. The zero-order chi connectivity index (χ0) is 16.5. The number of nitrogens with one attached hydrogen (secondary N) is 2. The summed E-state index contributed by atoms with van der Waals surface area (Å²) in [4.78, 5) is 19.7. The standard InChI is InChI=1S/C15H24N6O/c1-11(9-18-13(3)16-4)21(6)15-8-14(19-10-20-15)7-12(2)22-17-5/h7-10,17H,1-6H3,(H,16,18)/b11-9+,12-7+. The van der Waals surface area contributed by atoms with Gasteiger partial charge in [-0.2, -0.15) is 5.48 Å². The molecule has 22 heavy (non-hydrogen) atoms. The van der Waals surface area contributed by atoms with Crippen LogP contribution in [0.2, 0.25) is 0 Å². The van der Waals surface area contributed by atoms with Crippen molar-refractivity contribution < 1.29 is 4.84 Å².